The molecular formula is C17H30N6O7. The molecule has 10 N–H and O–H groups in total. The highest BCUT2D eigenvalue weighted by Crippen LogP contribution is 2.04. The first-order valence-electron chi connectivity index (χ1n) is 9.25. The van der Waals surface area contributed by atoms with E-state index in [2.05, 4.69) is 16.0 Å². The van der Waals surface area contributed by atoms with Crippen LogP contribution in [0.2, 0.25) is 0 Å². The number of hydrogen-bond acceptors (Lipinski definition) is 7. The number of aliphatic carboxylic acids is 1. The molecule has 0 saturated heterocycles. The van der Waals surface area contributed by atoms with Crippen LogP contribution >= 0.6 is 0 Å². The summed E-state index contributed by atoms with van der Waals surface area (Å²) in [6.07, 6.45) is -0.656. The number of amides is 5. The molecule has 0 aromatic rings. The number of carboxylic acid groups (broad SMARTS) is 1. The van der Waals surface area contributed by atoms with Crippen LogP contribution in [-0.2, 0) is 28.8 Å². The lowest BCUT2D eigenvalue weighted by molar-refractivity contribution is -0.142. The lowest BCUT2D eigenvalue weighted by atomic mass is 10.0. The van der Waals surface area contributed by atoms with Gasteiger partial charge in [-0.3, -0.25) is 24.0 Å². The Morgan fingerprint density at radius 3 is 1.97 bits per heavy atom. The number of rotatable bonds is 14. The smallest absolute Gasteiger partial charge is 0.326 e. The second-order valence-corrected chi connectivity index (χ2v) is 7.15. The largest absolute Gasteiger partial charge is 0.480 e. The highest BCUT2D eigenvalue weighted by atomic mass is 16.4. The molecule has 0 rings (SSSR count). The maximum Gasteiger partial charge on any atom is 0.326 e. The molecule has 3 atom stereocenters. The van der Waals surface area contributed by atoms with Gasteiger partial charge in [0, 0.05) is 6.42 Å². The van der Waals surface area contributed by atoms with E-state index in [0.717, 1.165) is 0 Å². The summed E-state index contributed by atoms with van der Waals surface area (Å²) >= 11 is 0. The van der Waals surface area contributed by atoms with Crippen LogP contribution < -0.4 is 33.2 Å². The van der Waals surface area contributed by atoms with Gasteiger partial charge in [0.25, 0.3) is 0 Å². The summed E-state index contributed by atoms with van der Waals surface area (Å²) in [7, 11) is 0. The predicted molar refractivity (Wildman–Crippen MR) is 104 cm³/mol. The Hall–Kier alpha value is -3.22. The van der Waals surface area contributed by atoms with Gasteiger partial charge < -0.3 is 38.3 Å². The number of nitrogens with two attached hydrogens (primary N) is 3. The molecule has 0 radical (unpaired) electrons. The van der Waals surface area contributed by atoms with Crippen molar-refractivity contribution in [1.82, 2.24) is 16.0 Å². The van der Waals surface area contributed by atoms with E-state index >= 15 is 0 Å². The number of primary amides is 2. The quantitative estimate of drug-likeness (QED) is 0.147. The van der Waals surface area contributed by atoms with Crippen LogP contribution in [0.15, 0.2) is 0 Å². The maximum absolute atomic E-state index is 12.3. The third kappa shape index (κ3) is 11.6. The number of nitrogens with one attached hydrogen (secondary N) is 3. The van der Waals surface area contributed by atoms with E-state index in [9.17, 15) is 28.8 Å². The minimum absolute atomic E-state index is 0.120. The Morgan fingerprint density at radius 2 is 1.50 bits per heavy atom. The van der Waals surface area contributed by atoms with E-state index in [4.69, 9.17) is 22.3 Å². The summed E-state index contributed by atoms with van der Waals surface area (Å²) in [4.78, 5) is 69.4. The van der Waals surface area contributed by atoms with Gasteiger partial charge in [-0.15, -0.1) is 0 Å². The van der Waals surface area contributed by atoms with Crippen molar-refractivity contribution in [2.24, 2.45) is 23.1 Å². The second-order valence-electron chi connectivity index (χ2n) is 7.15. The van der Waals surface area contributed by atoms with Crippen molar-refractivity contribution in [3.8, 4) is 0 Å². The maximum atomic E-state index is 12.3. The highest BCUT2D eigenvalue weighted by Gasteiger charge is 2.27. The van der Waals surface area contributed by atoms with E-state index in [1.807, 2.05) is 13.8 Å². The molecule has 0 bridgehead atoms. The number of carbonyl (C=O) groups is 6. The van der Waals surface area contributed by atoms with Crippen LogP contribution in [0.25, 0.3) is 0 Å². The normalized spacial score (nSPS) is 13.6. The standard InChI is InChI=1S/C17H30N6O7/c1-8(2)5-9(18)15(27)23-11(6-13(20)25)16(28)21-7-14(26)22-10(17(29)30)3-4-12(19)24/h8-11H,3-7,18H2,1-2H3,(H2,19,24)(H2,20,25)(H,21,28)(H,22,26)(H,23,27)(H,29,30). The molecule has 0 heterocycles. The SMILES string of the molecule is CC(C)CC(N)C(=O)NC(CC(N)=O)C(=O)NCC(=O)NC(CCC(N)=O)C(=O)O. The van der Waals surface area contributed by atoms with E-state index < -0.39 is 66.6 Å². The highest BCUT2D eigenvalue weighted by molar-refractivity contribution is 5.95. The Bertz CT molecular complexity index is 667. The summed E-state index contributed by atoms with van der Waals surface area (Å²) in [6, 6.07) is -3.64. The van der Waals surface area contributed by atoms with Crippen molar-refractivity contribution in [2.75, 3.05) is 6.54 Å². The first kappa shape index (κ1) is 26.8. The van der Waals surface area contributed by atoms with Crippen LogP contribution in [0.3, 0.4) is 0 Å². The lowest BCUT2D eigenvalue weighted by Crippen LogP contribution is -2.54. The van der Waals surface area contributed by atoms with Crippen molar-refractivity contribution in [3.05, 3.63) is 0 Å². The van der Waals surface area contributed by atoms with E-state index in [-0.39, 0.29) is 18.8 Å². The van der Waals surface area contributed by atoms with Crippen LogP contribution in [-0.4, -0.2) is 65.3 Å². The second kappa shape index (κ2) is 13.1. The van der Waals surface area contributed by atoms with Gasteiger partial charge in [0.05, 0.1) is 19.0 Å². The Labute approximate surface area is 173 Å². The fraction of sp³-hybridized carbons (Fsp3) is 0.647. The van der Waals surface area contributed by atoms with Gasteiger partial charge in [-0.25, -0.2) is 4.79 Å². The van der Waals surface area contributed by atoms with Crippen LogP contribution in [0, 0.1) is 5.92 Å². The minimum atomic E-state index is -1.38. The number of hydrogen-bond donors (Lipinski definition) is 7. The molecule has 0 spiro atoms. The average molecular weight is 430 g/mol. The van der Waals surface area contributed by atoms with E-state index in [1.165, 1.54) is 0 Å². The molecule has 13 heteroatoms. The molecule has 0 saturated carbocycles. The first-order valence-corrected chi connectivity index (χ1v) is 9.25. The zero-order valence-electron chi connectivity index (χ0n) is 17.0. The average Bonchev–Trinajstić information content (AvgIpc) is 2.60. The van der Waals surface area contributed by atoms with Crippen molar-refractivity contribution < 1.29 is 33.9 Å². The predicted octanol–water partition coefficient (Wildman–Crippen LogP) is -3.33. The van der Waals surface area contributed by atoms with Gasteiger partial charge in [-0.1, -0.05) is 13.8 Å². The molecule has 0 aliphatic heterocycles. The summed E-state index contributed by atoms with van der Waals surface area (Å²) < 4.78 is 0. The molecule has 0 aromatic heterocycles. The van der Waals surface area contributed by atoms with Crippen molar-refractivity contribution in [1.29, 1.82) is 0 Å². The van der Waals surface area contributed by atoms with Crippen molar-refractivity contribution in [2.45, 2.75) is 57.7 Å². The fourth-order valence-corrected chi connectivity index (χ4v) is 2.38. The summed E-state index contributed by atoms with van der Waals surface area (Å²) in [5, 5.41) is 15.7. The molecule has 0 aliphatic carbocycles. The van der Waals surface area contributed by atoms with E-state index in [0.29, 0.717) is 6.42 Å². The lowest BCUT2D eigenvalue weighted by Gasteiger charge is -2.20. The van der Waals surface area contributed by atoms with Crippen LogP contribution in [0.5, 0.6) is 0 Å². The zero-order valence-corrected chi connectivity index (χ0v) is 17.0. The molecule has 30 heavy (non-hydrogen) atoms. The van der Waals surface area contributed by atoms with Crippen molar-refractivity contribution >= 4 is 35.5 Å². The van der Waals surface area contributed by atoms with Crippen LogP contribution in [0.4, 0.5) is 0 Å². The fourth-order valence-electron chi connectivity index (χ4n) is 2.38. The van der Waals surface area contributed by atoms with Gasteiger partial charge in [-0.2, -0.15) is 0 Å². The third-order valence-corrected chi connectivity index (χ3v) is 3.84. The summed E-state index contributed by atoms with van der Waals surface area (Å²) in [5.74, 6) is -5.26. The Balaban J connectivity index is 4.85. The number of carbonyl (C=O) groups excluding carboxylic acids is 5. The summed E-state index contributed by atoms with van der Waals surface area (Å²) in [5.41, 5.74) is 15.8. The third-order valence-electron chi connectivity index (χ3n) is 3.84. The van der Waals surface area contributed by atoms with Gasteiger partial charge in [-0.05, 0) is 18.8 Å². The first-order chi connectivity index (χ1) is 13.8. The van der Waals surface area contributed by atoms with Crippen molar-refractivity contribution in [3.63, 3.8) is 0 Å². The summed E-state index contributed by atoms with van der Waals surface area (Å²) in [6.45, 7) is 3.07. The molecule has 0 aliphatic rings. The Kier molecular flexibility index (Phi) is 11.7. The van der Waals surface area contributed by atoms with Crippen LogP contribution in [0.1, 0.15) is 39.5 Å². The van der Waals surface area contributed by atoms with E-state index in [1.54, 1.807) is 0 Å². The Morgan fingerprint density at radius 1 is 0.900 bits per heavy atom. The topological polar surface area (TPSA) is 237 Å². The van der Waals surface area contributed by atoms with Gasteiger partial charge >= 0.3 is 5.97 Å². The molecule has 13 nitrogen and oxygen atoms in total. The minimum Gasteiger partial charge on any atom is -0.480 e. The zero-order chi connectivity index (χ0) is 23.4. The molecule has 0 fully saturated rings. The molecular weight excluding hydrogens is 400 g/mol. The molecule has 5 amide bonds. The van der Waals surface area contributed by atoms with Gasteiger partial charge in [0.15, 0.2) is 0 Å². The molecule has 0 aromatic carbocycles. The van der Waals surface area contributed by atoms with Gasteiger partial charge in [0.1, 0.15) is 12.1 Å². The number of carboxylic acids is 1. The monoisotopic (exact) mass is 430 g/mol. The molecule has 3 unspecified atom stereocenters. The molecule has 170 valence electrons. The van der Waals surface area contributed by atoms with Gasteiger partial charge in [0.2, 0.25) is 29.5 Å².